The number of halogens is 1. The minimum absolute atomic E-state index is 0.345. The minimum atomic E-state index is -0.345. The molecule has 3 heterocycles. The molecule has 2 N–H and O–H groups in total. The molecule has 0 unspecified atom stereocenters. The average Bonchev–Trinajstić information content (AvgIpc) is 3.18. The van der Waals surface area contributed by atoms with E-state index in [1.165, 1.54) is 12.1 Å². The van der Waals surface area contributed by atoms with Crippen LogP contribution in [0.3, 0.4) is 0 Å². The number of fused-ring (bicyclic) bond motifs is 1. The zero-order chi connectivity index (χ0) is 14.2. The molecule has 3 aromatic heterocycles. The molecule has 1 aromatic carbocycles. The number of nitrogens with zero attached hydrogens (tertiary/aromatic N) is 5. The molecule has 0 radical (unpaired) electrons. The molecule has 4 rings (SSSR count). The molecule has 104 valence electrons. The summed E-state index contributed by atoms with van der Waals surface area (Å²) in [5.74, 6) is 0.432. The van der Waals surface area contributed by atoms with E-state index >= 15 is 0 Å². The first-order valence-electron chi connectivity index (χ1n) is 6.31. The lowest BCUT2D eigenvalue weighted by Crippen LogP contribution is -2.01. The van der Waals surface area contributed by atoms with E-state index in [9.17, 15) is 4.39 Å². The smallest absolute Gasteiger partial charge is 0.127 e. The van der Waals surface area contributed by atoms with Gasteiger partial charge in [0.25, 0.3) is 0 Å². The molecule has 8 heteroatoms. The van der Waals surface area contributed by atoms with Crippen molar-refractivity contribution in [1.82, 2.24) is 35.2 Å². The quantitative estimate of drug-likeness (QED) is 0.599. The summed E-state index contributed by atoms with van der Waals surface area (Å²) in [7, 11) is 0. The topological polar surface area (TPSA) is 88.1 Å². The van der Waals surface area contributed by atoms with Crippen LogP contribution in [0.25, 0.3) is 22.2 Å². The number of imidazole rings is 1. The molecule has 0 saturated carbocycles. The van der Waals surface area contributed by atoms with E-state index in [1.807, 2.05) is 0 Å². The van der Waals surface area contributed by atoms with Gasteiger partial charge in [0.05, 0.1) is 17.9 Å². The van der Waals surface area contributed by atoms with Crippen molar-refractivity contribution in [3.63, 3.8) is 0 Å². The first-order valence-corrected chi connectivity index (χ1v) is 6.31. The van der Waals surface area contributed by atoms with Gasteiger partial charge >= 0.3 is 0 Å². The van der Waals surface area contributed by atoms with E-state index < -0.39 is 0 Å². The normalized spacial score (nSPS) is 11.3. The van der Waals surface area contributed by atoms with Crippen LogP contribution in [0.15, 0.2) is 36.9 Å². The third kappa shape index (κ3) is 2.06. The monoisotopic (exact) mass is 283 g/mol. The van der Waals surface area contributed by atoms with E-state index in [4.69, 9.17) is 0 Å². The number of aromatic nitrogens is 7. The van der Waals surface area contributed by atoms with Crippen molar-refractivity contribution in [1.29, 1.82) is 0 Å². The highest BCUT2D eigenvalue weighted by molar-refractivity contribution is 5.93. The summed E-state index contributed by atoms with van der Waals surface area (Å²) in [6.07, 6.45) is 6.82. The van der Waals surface area contributed by atoms with Crippen LogP contribution >= 0.6 is 0 Å². The lowest BCUT2D eigenvalue weighted by molar-refractivity contribution is 0.629. The number of nitrogens with one attached hydrogen (secondary N) is 2. The fourth-order valence-electron chi connectivity index (χ4n) is 2.26. The van der Waals surface area contributed by atoms with Gasteiger partial charge in [-0.3, -0.25) is 5.10 Å². The lowest BCUT2D eigenvalue weighted by Gasteiger charge is -1.99. The van der Waals surface area contributed by atoms with Gasteiger partial charge in [-0.2, -0.15) is 5.10 Å². The van der Waals surface area contributed by atoms with Crippen molar-refractivity contribution in [2.45, 2.75) is 6.54 Å². The number of H-pyrrole nitrogens is 2. The van der Waals surface area contributed by atoms with Gasteiger partial charge in [0, 0.05) is 23.3 Å². The van der Waals surface area contributed by atoms with Crippen LogP contribution in [0.2, 0.25) is 0 Å². The summed E-state index contributed by atoms with van der Waals surface area (Å²) in [6, 6.07) is 2.83. The van der Waals surface area contributed by atoms with Gasteiger partial charge in [-0.25, -0.2) is 14.1 Å². The third-order valence-corrected chi connectivity index (χ3v) is 3.20. The molecule has 0 atom stereocenters. The first-order chi connectivity index (χ1) is 10.3. The summed E-state index contributed by atoms with van der Waals surface area (Å²) in [5, 5.41) is 15.6. The zero-order valence-electron chi connectivity index (χ0n) is 10.8. The second kappa shape index (κ2) is 4.51. The highest BCUT2D eigenvalue weighted by Crippen LogP contribution is 2.27. The van der Waals surface area contributed by atoms with Crippen LogP contribution in [-0.2, 0) is 6.54 Å². The molecule has 7 nitrogen and oxygen atoms in total. The van der Waals surface area contributed by atoms with Crippen LogP contribution in [0.4, 0.5) is 4.39 Å². The van der Waals surface area contributed by atoms with E-state index in [0.29, 0.717) is 23.3 Å². The second-order valence-corrected chi connectivity index (χ2v) is 4.62. The van der Waals surface area contributed by atoms with Crippen molar-refractivity contribution in [2.24, 2.45) is 0 Å². The Morgan fingerprint density at radius 2 is 2.24 bits per heavy atom. The van der Waals surface area contributed by atoms with Gasteiger partial charge in [0.1, 0.15) is 23.9 Å². The summed E-state index contributed by atoms with van der Waals surface area (Å²) in [6.45, 7) is 0.476. The number of benzene rings is 1. The van der Waals surface area contributed by atoms with E-state index in [-0.39, 0.29) is 5.82 Å². The third-order valence-electron chi connectivity index (χ3n) is 3.20. The van der Waals surface area contributed by atoms with E-state index in [1.54, 1.807) is 29.5 Å². The van der Waals surface area contributed by atoms with Crippen LogP contribution < -0.4 is 0 Å². The molecule has 0 aliphatic carbocycles. The van der Waals surface area contributed by atoms with Gasteiger partial charge in [0.15, 0.2) is 0 Å². The lowest BCUT2D eigenvalue weighted by atomic mass is 10.1. The van der Waals surface area contributed by atoms with Crippen LogP contribution in [0.5, 0.6) is 0 Å². The Bertz CT molecular complexity index is 890. The first kappa shape index (κ1) is 11.8. The Kier molecular flexibility index (Phi) is 2.53. The molecule has 0 saturated heterocycles. The van der Waals surface area contributed by atoms with Gasteiger partial charge in [-0.15, -0.1) is 5.10 Å². The largest absolute Gasteiger partial charge is 0.347 e. The van der Waals surface area contributed by atoms with Crippen molar-refractivity contribution < 1.29 is 4.39 Å². The zero-order valence-corrected chi connectivity index (χ0v) is 10.8. The van der Waals surface area contributed by atoms with Crippen molar-refractivity contribution in [3.05, 3.63) is 48.6 Å². The van der Waals surface area contributed by atoms with Gasteiger partial charge in [-0.05, 0) is 12.1 Å². The Morgan fingerprint density at radius 1 is 1.29 bits per heavy atom. The molecule has 21 heavy (non-hydrogen) atoms. The maximum Gasteiger partial charge on any atom is 0.127 e. The Balaban J connectivity index is 1.75. The Labute approximate surface area is 117 Å². The van der Waals surface area contributed by atoms with Crippen LogP contribution in [0.1, 0.15) is 5.82 Å². The number of hydrogen-bond donors (Lipinski definition) is 2. The molecular formula is C13H10FN7. The number of aromatic amines is 2. The second-order valence-electron chi connectivity index (χ2n) is 4.62. The molecular weight excluding hydrogens is 273 g/mol. The van der Waals surface area contributed by atoms with Crippen LogP contribution in [-0.4, -0.2) is 35.2 Å². The summed E-state index contributed by atoms with van der Waals surface area (Å²) in [4.78, 5) is 7.12. The fraction of sp³-hybridized carbons (Fsp3) is 0.0769. The molecule has 4 aromatic rings. The molecule has 0 aliphatic heterocycles. The van der Waals surface area contributed by atoms with Crippen molar-refractivity contribution in [2.75, 3.05) is 0 Å². The molecule has 0 spiro atoms. The molecule has 0 amide bonds. The average molecular weight is 283 g/mol. The predicted molar refractivity (Wildman–Crippen MR) is 72.8 cm³/mol. The number of hydrogen-bond acceptors (Lipinski definition) is 4. The van der Waals surface area contributed by atoms with Gasteiger partial charge < -0.3 is 4.98 Å². The standard InChI is InChI=1S/C13H10FN7/c14-8-3-9(10-5-17-18-11(10)4-8)12-6-21(20-19-12)7-13-15-1-2-16-13/h1-6H,7H2,(H,15,16)(H,17,18). The maximum atomic E-state index is 13.7. The highest BCUT2D eigenvalue weighted by atomic mass is 19.1. The molecule has 0 fully saturated rings. The Morgan fingerprint density at radius 3 is 3.10 bits per heavy atom. The SMILES string of the molecule is Fc1cc(-c2cn(Cc3ncc[nH]3)nn2)c2cn[nH]c2c1. The van der Waals surface area contributed by atoms with E-state index in [0.717, 1.165) is 11.2 Å². The summed E-state index contributed by atoms with van der Waals surface area (Å²) in [5.41, 5.74) is 1.88. The maximum absolute atomic E-state index is 13.7. The van der Waals surface area contributed by atoms with E-state index in [2.05, 4.69) is 30.5 Å². The minimum Gasteiger partial charge on any atom is -0.347 e. The van der Waals surface area contributed by atoms with Crippen molar-refractivity contribution >= 4 is 10.9 Å². The van der Waals surface area contributed by atoms with Gasteiger partial charge in [0.2, 0.25) is 0 Å². The molecule has 0 aliphatic rings. The fourth-order valence-corrected chi connectivity index (χ4v) is 2.26. The predicted octanol–water partition coefficient (Wildman–Crippen LogP) is 1.73. The molecule has 0 bridgehead atoms. The van der Waals surface area contributed by atoms with Gasteiger partial charge in [-0.1, -0.05) is 5.21 Å². The van der Waals surface area contributed by atoms with Crippen LogP contribution in [0, 0.1) is 5.82 Å². The van der Waals surface area contributed by atoms with Crippen molar-refractivity contribution in [3.8, 4) is 11.3 Å². The number of rotatable bonds is 3. The summed E-state index contributed by atoms with van der Waals surface area (Å²) >= 11 is 0. The Hall–Kier alpha value is -3.03. The highest BCUT2D eigenvalue weighted by Gasteiger charge is 2.12. The summed E-state index contributed by atoms with van der Waals surface area (Å²) < 4.78 is 15.3.